The molecule has 0 saturated heterocycles. The predicted octanol–water partition coefficient (Wildman–Crippen LogP) is 1.09. The van der Waals surface area contributed by atoms with E-state index < -0.39 is 0 Å². The van der Waals surface area contributed by atoms with Crippen LogP contribution in [0.2, 0.25) is 0 Å². The van der Waals surface area contributed by atoms with Crippen molar-refractivity contribution in [1.29, 1.82) is 0 Å². The minimum absolute atomic E-state index is 0.0448. The third-order valence-electron chi connectivity index (χ3n) is 2.22. The number of rotatable bonds is 5. The van der Waals surface area contributed by atoms with Crippen molar-refractivity contribution in [2.45, 2.75) is 13.0 Å². The molecular formula is C13H17NO3S. The zero-order valence-electron chi connectivity index (χ0n) is 10.6. The predicted molar refractivity (Wildman–Crippen MR) is 71.2 cm³/mol. The van der Waals surface area contributed by atoms with Crippen molar-refractivity contribution >= 4 is 17.2 Å². The highest BCUT2D eigenvalue weighted by molar-refractivity contribution is 7.10. The summed E-state index contributed by atoms with van der Waals surface area (Å²) in [6.07, 6.45) is 0.486. The van der Waals surface area contributed by atoms with E-state index in [0.717, 1.165) is 10.4 Å². The number of aliphatic hydroxyl groups excluding tert-OH is 1. The van der Waals surface area contributed by atoms with E-state index in [9.17, 15) is 4.79 Å². The fourth-order valence-electron chi connectivity index (χ4n) is 1.33. The molecule has 4 nitrogen and oxygen atoms in total. The van der Waals surface area contributed by atoms with Gasteiger partial charge in [-0.05, 0) is 17.0 Å². The number of hydrogen-bond acceptors (Lipinski definition) is 4. The first-order valence-corrected chi connectivity index (χ1v) is 6.45. The number of ether oxygens (including phenoxy) is 1. The smallest absolute Gasteiger partial charge is 0.248 e. The molecule has 0 spiro atoms. The summed E-state index contributed by atoms with van der Waals surface area (Å²) in [7, 11) is 3.25. The number of hydrogen-bond donors (Lipinski definition) is 1. The quantitative estimate of drug-likeness (QED) is 0.812. The maximum atomic E-state index is 11.5. The third kappa shape index (κ3) is 4.88. The number of amides is 1. The number of likely N-dealkylation sites (N-methyl/N-ethyl adjacent to an activating group) is 1. The topological polar surface area (TPSA) is 49.8 Å². The van der Waals surface area contributed by atoms with E-state index in [0.29, 0.717) is 13.0 Å². The molecule has 0 aliphatic rings. The summed E-state index contributed by atoms with van der Waals surface area (Å²) in [6.45, 7) is 0.740. The molecular weight excluding hydrogens is 250 g/mol. The Bertz CT molecular complexity index is 445. The first-order chi connectivity index (χ1) is 8.67. The van der Waals surface area contributed by atoms with Gasteiger partial charge in [-0.25, -0.2) is 0 Å². The van der Waals surface area contributed by atoms with Crippen LogP contribution in [0.15, 0.2) is 11.4 Å². The summed E-state index contributed by atoms with van der Waals surface area (Å²) in [5, 5.41) is 10.6. The van der Waals surface area contributed by atoms with Gasteiger partial charge in [0.15, 0.2) is 0 Å². The maximum absolute atomic E-state index is 11.5. The van der Waals surface area contributed by atoms with Gasteiger partial charge in [-0.2, -0.15) is 0 Å². The van der Waals surface area contributed by atoms with Gasteiger partial charge in [0.25, 0.3) is 0 Å². The lowest BCUT2D eigenvalue weighted by molar-refractivity contribution is -0.134. The first kappa shape index (κ1) is 14.7. The second-order valence-corrected chi connectivity index (χ2v) is 4.69. The van der Waals surface area contributed by atoms with E-state index in [4.69, 9.17) is 9.84 Å². The molecule has 1 aromatic rings. The van der Waals surface area contributed by atoms with Gasteiger partial charge >= 0.3 is 0 Å². The zero-order valence-corrected chi connectivity index (χ0v) is 11.4. The second-order valence-electron chi connectivity index (χ2n) is 3.78. The Morgan fingerprint density at radius 1 is 1.61 bits per heavy atom. The van der Waals surface area contributed by atoms with Crippen molar-refractivity contribution in [1.82, 2.24) is 4.90 Å². The lowest BCUT2D eigenvalue weighted by atomic mass is 10.3. The van der Waals surface area contributed by atoms with Gasteiger partial charge in [0.2, 0.25) is 5.91 Å². The number of carbonyl (C=O) groups is 1. The molecule has 1 N–H and O–H groups in total. The van der Waals surface area contributed by atoms with Crippen molar-refractivity contribution in [2.75, 3.05) is 27.4 Å². The third-order valence-corrected chi connectivity index (χ3v) is 3.11. The van der Waals surface area contributed by atoms with Crippen LogP contribution in [-0.4, -0.2) is 43.3 Å². The fraction of sp³-hybridized carbons (Fsp3) is 0.462. The molecule has 0 atom stereocenters. The second kappa shape index (κ2) is 7.88. The normalized spacial score (nSPS) is 9.72. The number of aliphatic hydroxyl groups is 1. The highest BCUT2D eigenvalue weighted by Crippen LogP contribution is 2.15. The van der Waals surface area contributed by atoms with Crippen molar-refractivity contribution in [3.05, 3.63) is 21.9 Å². The SMILES string of the molecule is COCC(=O)N(C)Cc1csc(C#CCCO)c1. The van der Waals surface area contributed by atoms with E-state index in [1.165, 1.54) is 7.11 Å². The molecule has 1 heterocycles. The molecule has 0 bridgehead atoms. The highest BCUT2D eigenvalue weighted by Gasteiger charge is 2.09. The van der Waals surface area contributed by atoms with Crippen LogP contribution < -0.4 is 0 Å². The average molecular weight is 267 g/mol. The Morgan fingerprint density at radius 3 is 3.06 bits per heavy atom. The van der Waals surface area contributed by atoms with Crippen molar-refractivity contribution in [3.8, 4) is 11.8 Å². The van der Waals surface area contributed by atoms with Gasteiger partial charge in [0, 0.05) is 27.1 Å². The molecule has 5 heteroatoms. The van der Waals surface area contributed by atoms with Crippen LogP contribution in [0.3, 0.4) is 0 Å². The van der Waals surface area contributed by atoms with Crippen LogP contribution in [0.5, 0.6) is 0 Å². The summed E-state index contributed by atoms with van der Waals surface area (Å²) in [6, 6.07) is 1.96. The van der Waals surface area contributed by atoms with Crippen LogP contribution >= 0.6 is 11.3 Å². The molecule has 1 aromatic heterocycles. The van der Waals surface area contributed by atoms with Crippen LogP contribution in [0, 0.1) is 11.8 Å². The van der Waals surface area contributed by atoms with Gasteiger partial charge in [-0.3, -0.25) is 4.79 Å². The molecule has 0 aliphatic heterocycles. The van der Waals surface area contributed by atoms with Gasteiger partial charge in [-0.15, -0.1) is 11.3 Å². The molecule has 0 unspecified atom stereocenters. The summed E-state index contributed by atoms with van der Waals surface area (Å²) >= 11 is 1.54. The Kier molecular flexibility index (Phi) is 6.44. The number of carbonyl (C=O) groups excluding carboxylic acids is 1. The average Bonchev–Trinajstić information content (AvgIpc) is 2.77. The molecule has 98 valence electrons. The van der Waals surface area contributed by atoms with Crippen LogP contribution in [-0.2, 0) is 16.1 Å². The van der Waals surface area contributed by atoms with Crippen LogP contribution in [0.4, 0.5) is 0 Å². The van der Waals surface area contributed by atoms with Crippen molar-refractivity contribution in [3.63, 3.8) is 0 Å². The monoisotopic (exact) mass is 267 g/mol. The minimum atomic E-state index is -0.0448. The van der Waals surface area contributed by atoms with E-state index in [1.54, 1.807) is 23.3 Å². The fourth-order valence-corrected chi connectivity index (χ4v) is 2.10. The Morgan fingerprint density at radius 2 is 2.39 bits per heavy atom. The number of nitrogens with zero attached hydrogens (tertiary/aromatic N) is 1. The molecule has 0 saturated carbocycles. The van der Waals surface area contributed by atoms with Gasteiger partial charge < -0.3 is 14.7 Å². The van der Waals surface area contributed by atoms with E-state index in [1.807, 2.05) is 11.4 Å². The van der Waals surface area contributed by atoms with E-state index in [-0.39, 0.29) is 19.1 Å². The van der Waals surface area contributed by atoms with Gasteiger partial charge in [0.1, 0.15) is 6.61 Å². The lowest BCUT2D eigenvalue weighted by Crippen LogP contribution is -2.29. The van der Waals surface area contributed by atoms with E-state index in [2.05, 4.69) is 11.8 Å². The standard InChI is InChI=1S/C13H17NO3S/c1-14(13(16)9-17-2)8-11-7-12(18-10-11)5-3-4-6-15/h7,10,15H,4,6,8-9H2,1-2H3. The molecule has 1 rings (SSSR count). The van der Waals surface area contributed by atoms with Gasteiger partial charge in [0.05, 0.1) is 11.5 Å². The summed E-state index contributed by atoms with van der Waals surface area (Å²) < 4.78 is 4.80. The Hall–Kier alpha value is -1.35. The maximum Gasteiger partial charge on any atom is 0.248 e. The molecule has 18 heavy (non-hydrogen) atoms. The largest absolute Gasteiger partial charge is 0.395 e. The molecule has 1 amide bonds. The molecule has 0 aromatic carbocycles. The Labute approximate surface area is 111 Å². The highest BCUT2D eigenvalue weighted by atomic mass is 32.1. The van der Waals surface area contributed by atoms with Crippen LogP contribution in [0.1, 0.15) is 16.9 Å². The van der Waals surface area contributed by atoms with Crippen molar-refractivity contribution in [2.24, 2.45) is 0 Å². The van der Waals surface area contributed by atoms with Crippen molar-refractivity contribution < 1.29 is 14.6 Å². The first-order valence-electron chi connectivity index (χ1n) is 5.57. The summed E-state index contributed by atoms with van der Waals surface area (Å²) in [5.41, 5.74) is 1.06. The number of thiophene rings is 1. The number of methoxy groups -OCH3 is 1. The lowest BCUT2D eigenvalue weighted by Gasteiger charge is -2.15. The van der Waals surface area contributed by atoms with E-state index >= 15 is 0 Å². The molecule has 0 fully saturated rings. The van der Waals surface area contributed by atoms with Gasteiger partial charge in [-0.1, -0.05) is 11.8 Å². The molecule has 0 radical (unpaired) electrons. The Balaban J connectivity index is 2.54. The molecule has 0 aliphatic carbocycles. The minimum Gasteiger partial charge on any atom is -0.395 e. The zero-order chi connectivity index (χ0) is 13.4. The summed E-state index contributed by atoms with van der Waals surface area (Å²) in [4.78, 5) is 14.1. The van der Waals surface area contributed by atoms with Crippen LogP contribution in [0.25, 0.3) is 0 Å². The summed E-state index contributed by atoms with van der Waals surface area (Å²) in [5.74, 6) is 5.80.